The summed E-state index contributed by atoms with van der Waals surface area (Å²) in [5.41, 5.74) is 1.00. The molecule has 1 atom stereocenters. The molecule has 0 radical (unpaired) electrons. The van der Waals surface area contributed by atoms with E-state index in [0.717, 1.165) is 11.3 Å². The Morgan fingerprint density at radius 1 is 1.29 bits per heavy atom. The summed E-state index contributed by atoms with van der Waals surface area (Å²) < 4.78 is 23.3. The summed E-state index contributed by atoms with van der Waals surface area (Å²) in [4.78, 5) is 1.97. The van der Waals surface area contributed by atoms with E-state index >= 15 is 0 Å². The molecule has 0 aliphatic heterocycles. The second-order valence-electron chi connectivity index (χ2n) is 5.07. The van der Waals surface area contributed by atoms with Gasteiger partial charge in [-0.2, -0.15) is 0 Å². The lowest BCUT2D eigenvalue weighted by molar-refractivity contribution is 0.00768. The third kappa shape index (κ3) is 5.67. The highest BCUT2D eigenvalue weighted by molar-refractivity contribution is 5.15. The SMILES string of the molecule is CN(Cc1ccc(F)cc1)CC(O)COCc1ccco1. The van der Waals surface area contributed by atoms with Crippen LogP contribution in [0.25, 0.3) is 0 Å². The molecule has 1 unspecified atom stereocenters. The number of ether oxygens (including phenoxy) is 1. The number of aliphatic hydroxyl groups excluding tert-OH is 1. The molecule has 21 heavy (non-hydrogen) atoms. The topological polar surface area (TPSA) is 45.8 Å². The van der Waals surface area contributed by atoms with Crippen LogP contribution < -0.4 is 0 Å². The van der Waals surface area contributed by atoms with Crippen molar-refractivity contribution >= 4 is 0 Å². The normalized spacial score (nSPS) is 12.8. The maximum atomic E-state index is 12.8. The summed E-state index contributed by atoms with van der Waals surface area (Å²) in [6, 6.07) is 9.98. The molecular weight excluding hydrogens is 273 g/mol. The molecule has 1 heterocycles. The lowest BCUT2D eigenvalue weighted by Gasteiger charge is -2.20. The Balaban J connectivity index is 1.66. The van der Waals surface area contributed by atoms with Crippen LogP contribution in [0, 0.1) is 5.82 Å². The van der Waals surface area contributed by atoms with Gasteiger partial charge in [0.1, 0.15) is 18.2 Å². The zero-order chi connectivity index (χ0) is 15.1. The molecule has 0 spiro atoms. The fourth-order valence-corrected chi connectivity index (χ4v) is 2.07. The lowest BCUT2D eigenvalue weighted by atomic mass is 10.2. The summed E-state index contributed by atoms with van der Waals surface area (Å²) in [5.74, 6) is 0.495. The minimum atomic E-state index is -0.578. The molecule has 1 aromatic carbocycles. The molecule has 0 aliphatic rings. The Labute approximate surface area is 123 Å². The van der Waals surface area contributed by atoms with E-state index in [1.54, 1.807) is 24.5 Å². The predicted octanol–water partition coefficient (Wildman–Crippen LogP) is 2.43. The summed E-state index contributed by atoms with van der Waals surface area (Å²) in [7, 11) is 1.90. The molecule has 1 aromatic heterocycles. The zero-order valence-electron chi connectivity index (χ0n) is 12.0. The minimum Gasteiger partial charge on any atom is -0.467 e. The van der Waals surface area contributed by atoms with Gasteiger partial charge in [0.2, 0.25) is 0 Å². The van der Waals surface area contributed by atoms with E-state index in [1.807, 2.05) is 18.0 Å². The maximum absolute atomic E-state index is 12.8. The number of furan rings is 1. The lowest BCUT2D eigenvalue weighted by Crippen LogP contribution is -2.31. The molecule has 0 aliphatic carbocycles. The largest absolute Gasteiger partial charge is 0.467 e. The van der Waals surface area contributed by atoms with E-state index in [2.05, 4.69) is 0 Å². The first-order valence-electron chi connectivity index (χ1n) is 6.84. The average Bonchev–Trinajstić information content (AvgIpc) is 2.94. The third-order valence-electron chi connectivity index (χ3n) is 3.02. The highest BCUT2D eigenvalue weighted by Crippen LogP contribution is 2.07. The monoisotopic (exact) mass is 293 g/mol. The van der Waals surface area contributed by atoms with E-state index in [-0.39, 0.29) is 12.4 Å². The fourth-order valence-electron chi connectivity index (χ4n) is 2.07. The summed E-state index contributed by atoms with van der Waals surface area (Å²) in [6.45, 7) is 1.73. The van der Waals surface area contributed by atoms with Crippen LogP contribution in [0.4, 0.5) is 4.39 Å². The molecule has 0 bridgehead atoms. The average molecular weight is 293 g/mol. The zero-order valence-corrected chi connectivity index (χ0v) is 12.0. The molecule has 0 saturated carbocycles. The standard InChI is InChI=1S/C16H20FNO3/c1-18(9-13-4-6-14(17)7-5-13)10-15(19)11-20-12-16-3-2-8-21-16/h2-8,15,19H,9-12H2,1H3. The van der Waals surface area contributed by atoms with Gasteiger partial charge in [0.25, 0.3) is 0 Å². The van der Waals surface area contributed by atoms with Crippen LogP contribution in [0.2, 0.25) is 0 Å². The first-order chi connectivity index (χ1) is 10.1. The van der Waals surface area contributed by atoms with Gasteiger partial charge >= 0.3 is 0 Å². The van der Waals surface area contributed by atoms with Crippen molar-refractivity contribution in [2.24, 2.45) is 0 Å². The van der Waals surface area contributed by atoms with Gasteiger partial charge in [-0.05, 0) is 36.9 Å². The minimum absolute atomic E-state index is 0.243. The van der Waals surface area contributed by atoms with Crippen molar-refractivity contribution < 1.29 is 18.7 Å². The number of hydrogen-bond acceptors (Lipinski definition) is 4. The smallest absolute Gasteiger partial charge is 0.129 e. The third-order valence-corrected chi connectivity index (χ3v) is 3.02. The Morgan fingerprint density at radius 3 is 2.71 bits per heavy atom. The number of nitrogens with zero attached hydrogens (tertiary/aromatic N) is 1. The Bertz CT molecular complexity index is 513. The number of hydrogen-bond donors (Lipinski definition) is 1. The van der Waals surface area contributed by atoms with Crippen molar-refractivity contribution in [2.75, 3.05) is 20.2 Å². The predicted molar refractivity (Wildman–Crippen MR) is 77.1 cm³/mol. The van der Waals surface area contributed by atoms with Crippen LogP contribution in [-0.4, -0.2) is 36.3 Å². The van der Waals surface area contributed by atoms with Crippen molar-refractivity contribution in [3.8, 4) is 0 Å². The van der Waals surface area contributed by atoms with Crippen molar-refractivity contribution in [2.45, 2.75) is 19.3 Å². The van der Waals surface area contributed by atoms with Crippen LogP contribution in [-0.2, 0) is 17.9 Å². The van der Waals surface area contributed by atoms with Crippen LogP contribution in [0.1, 0.15) is 11.3 Å². The van der Waals surface area contributed by atoms with Gasteiger partial charge in [-0.15, -0.1) is 0 Å². The van der Waals surface area contributed by atoms with Gasteiger partial charge in [0.15, 0.2) is 0 Å². The summed E-state index contributed by atoms with van der Waals surface area (Å²) >= 11 is 0. The molecular formula is C16H20FNO3. The highest BCUT2D eigenvalue weighted by Gasteiger charge is 2.09. The second-order valence-corrected chi connectivity index (χ2v) is 5.07. The Morgan fingerprint density at radius 2 is 2.05 bits per heavy atom. The van der Waals surface area contributed by atoms with Gasteiger partial charge in [0, 0.05) is 13.1 Å². The molecule has 0 amide bonds. The number of benzene rings is 1. The molecule has 0 fully saturated rings. The fraction of sp³-hybridized carbons (Fsp3) is 0.375. The van der Waals surface area contributed by atoms with Crippen LogP contribution >= 0.6 is 0 Å². The molecule has 1 N–H and O–H groups in total. The van der Waals surface area contributed by atoms with Crippen LogP contribution in [0.3, 0.4) is 0 Å². The van der Waals surface area contributed by atoms with E-state index in [0.29, 0.717) is 19.7 Å². The van der Waals surface area contributed by atoms with Gasteiger partial charge in [-0.1, -0.05) is 12.1 Å². The Hall–Kier alpha value is -1.69. The van der Waals surface area contributed by atoms with Crippen molar-refractivity contribution in [3.05, 3.63) is 59.8 Å². The summed E-state index contributed by atoms with van der Waals surface area (Å²) in [5, 5.41) is 9.91. The number of aliphatic hydroxyl groups is 1. The molecule has 114 valence electrons. The van der Waals surface area contributed by atoms with Gasteiger partial charge in [-0.25, -0.2) is 4.39 Å². The van der Waals surface area contributed by atoms with Crippen molar-refractivity contribution in [1.29, 1.82) is 0 Å². The van der Waals surface area contributed by atoms with Gasteiger partial charge < -0.3 is 14.3 Å². The number of halogens is 1. The first-order valence-corrected chi connectivity index (χ1v) is 6.84. The number of rotatable bonds is 8. The van der Waals surface area contributed by atoms with Crippen molar-refractivity contribution in [3.63, 3.8) is 0 Å². The van der Waals surface area contributed by atoms with Crippen molar-refractivity contribution in [1.82, 2.24) is 4.90 Å². The van der Waals surface area contributed by atoms with E-state index < -0.39 is 6.10 Å². The maximum Gasteiger partial charge on any atom is 0.129 e. The van der Waals surface area contributed by atoms with Gasteiger partial charge in [0.05, 0.1) is 19.0 Å². The second kappa shape index (κ2) is 7.93. The molecule has 2 aromatic rings. The summed E-state index contributed by atoms with van der Waals surface area (Å²) in [6.07, 6.45) is 1.01. The quantitative estimate of drug-likeness (QED) is 0.812. The molecule has 2 rings (SSSR count). The van der Waals surface area contributed by atoms with Crippen LogP contribution in [0.15, 0.2) is 47.1 Å². The van der Waals surface area contributed by atoms with E-state index in [1.165, 1.54) is 12.1 Å². The molecule has 5 heteroatoms. The number of likely N-dealkylation sites (N-methyl/N-ethyl adjacent to an activating group) is 1. The van der Waals surface area contributed by atoms with E-state index in [4.69, 9.17) is 9.15 Å². The van der Waals surface area contributed by atoms with E-state index in [9.17, 15) is 9.50 Å². The van der Waals surface area contributed by atoms with Crippen LogP contribution in [0.5, 0.6) is 0 Å². The Kier molecular flexibility index (Phi) is 5.92. The highest BCUT2D eigenvalue weighted by atomic mass is 19.1. The molecule has 4 nitrogen and oxygen atoms in total. The molecule has 0 saturated heterocycles. The first kappa shape index (κ1) is 15.7. The van der Waals surface area contributed by atoms with Gasteiger partial charge in [-0.3, -0.25) is 4.90 Å².